The molecular weight excluding hydrogens is 308 g/mol. The topological polar surface area (TPSA) is 15.3 Å². The Morgan fingerprint density at radius 2 is 1.65 bits per heavy atom. The molecular formula is C15H21ClN2S2. The van der Waals surface area contributed by atoms with Gasteiger partial charge >= 0.3 is 0 Å². The molecule has 0 saturated carbocycles. The molecule has 110 valence electrons. The third kappa shape index (κ3) is 5.19. The molecule has 0 amide bonds. The molecule has 0 fully saturated rings. The van der Waals surface area contributed by atoms with Crippen molar-refractivity contribution in [3.63, 3.8) is 0 Å². The van der Waals surface area contributed by atoms with E-state index in [2.05, 4.69) is 49.3 Å². The minimum absolute atomic E-state index is 0.534. The van der Waals surface area contributed by atoms with Gasteiger partial charge in [0, 0.05) is 40.3 Å². The van der Waals surface area contributed by atoms with Gasteiger partial charge in [-0.3, -0.25) is 4.90 Å². The average molecular weight is 329 g/mol. The van der Waals surface area contributed by atoms with Crippen molar-refractivity contribution >= 4 is 34.3 Å². The van der Waals surface area contributed by atoms with Crippen LogP contribution in [0.2, 0.25) is 4.34 Å². The first kappa shape index (κ1) is 16.0. The van der Waals surface area contributed by atoms with Crippen molar-refractivity contribution in [1.29, 1.82) is 0 Å². The van der Waals surface area contributed by atoms with E-state index in [1.807, 2.05) is 17.4 Å². The van der Waals surface area contributed by atoms with Crippen molar-refractivity contribution in [2.75, 3.05) is 7.05 Å². The molecule has 0 aliphatic rings. The second kappa shape index (κ2) is 7.57. The number of halogens is 1. The number of nitrogens with one attached hydrogen (secondary N) is 1. The van der Waals surface area contributed by atoms with E-state index in [1.165, 1.54) is 14.6 Å². The Balaban J connectivity index is 1.83. The van der Waals surface area contributed by atoms with E-state index in [9.17, 15) is 0 Å². The molecule has 0 spiro atoms. The summed E-state index contributed by atoms with van der Waals surface area (Å²) in [6, 6.07) is 9.07. The third-order valence-electron chi connectivity index (χ3n) is 2.88. The summed E-state index contributed by atoms with van der Waals surface area (Å²) in [5.74, 6) is 0. The van der Waals surface area contributed by atoms with Crippen LogP contribution in [0.3, 0.4) is 0 Å². The Hall–Kier alpha value is -0.390. The molecule has 0 aromatic carbocycles. The molecule has 0 aliphatic carbocycles. The minimum atomic E-state index is 0.534. The maximum atomic E-state index is 5.96. The van der Waals surface area contributed by atoms with Gasteiger partial charge in [0.15, 0.2) is 0 Å². The van der Waals surface area contributed by atoms with E-state index in [0.717, 1.165) is 24.0 Å². The Morgan fingerprint density at radius 1 is 1.05 bits per heavy atom. The summed E-state index contributed by atoms with van der Waals surface area (Å²) in [5, 5.41) is 3.45. The van der Waals surface area contributed by atoms with Gasteiger partial charge in [0.25, 0.3) is 0 Å². The second-order valence-electron chi connectivity index (χ2n) is 5.28. The van der Waals surface area contributed by atoms with Crippen LogP contribution < -0.4 is 5.32 Å². The summed E-state index contributed by atoms with van der Waals surface area (Å²) in [6.45, 7) is 7.26. The summed E-state index contributed by atoms with van der Waals surface area (Å²) >= 11 is 9.52. The number of thiophene rings is 2. The quantitative estimate of drug-likeness (QED) is 0.799. The van der Waals surface area contributed by atoms with E-state index in [4.69, 9.17) is 11.6 Å². The summed E-state index contributed by atoms with van der Waals surface area (Å²) < 4.78 is 0.867. The predicted octanol–water partition coefficient (Wildman–Crippen LogP) is 4.59. The normalized spacial score (nSPS) is 11.7. The summed E-state index contributed by atoms with van der Waals surface area (Å²) in [4.78, 5) is 6.46. The highest BCUT2D eigenvalue weighted by atomic mass is 35.5. The van der Waals surface area contributed by atoms with Gasteiger partial charge in [-0.15, -0.1) is 22.7 Å². The van der Waals surface area contributed by atoms with Crippen molar-refractivity contribution in [1.82, 2.24) is 10.2 Å². The Kier molecular flexibility index (Phi) is 6.05. The molecule has 0 unspecified atom stereocenters. The maximum absolute atomic E-state index is 5.96. The summed E-state index contributed by atoms with van der Waals surface area (Å²) in [5.41, 5.74) is 0. The van der Waals surface area contributed by atoms with Crippen LogP contribution in [-0.4, -0.2) is 18.0 Å². The van der Waals surface area contributed by atoms with Crippen molar-refractivity contribution < 1.29 is 0 Å². The molecule has 0 bridgehead atoms. The van der Waals surface area contributed by atoms with Gasteiger partial charge in [0.05, 0.1) is 4.34 Å². The monoisotopic (exact) mass is 328 g/mol. The van der Waals surface area contributed by atoms with Gasteiger partial charge in [-0.05, 0) is 31.3 Å². The maximum Gasteiger partial charge on any atom is 0.0931 e. The van der Waals surface area contributed by atoms with Crippen LogP contribution in [0.15, 0.2) is 24.3 Å². The summed E-state index contributed by atoms with van der Waals surface area (Å²) in [7, 11) is 2.15. The zero-order valence-corrected chi connectivity index (χ0v) is 14.5. The highest BCUT2D eigenvalue weighted by molar-refractivity contribution is 7.16. The zero-order valence-electron chi connectivity index (χ0n) is 12.1. The molecule has 2 heterocycles. The van der Waals surface area contributed by atoms with Crippen LogP contribution in [0.4, 0.5) is 0 Å². The minimum Gasteiger partial charge on any atom is -0.310 e. The van der Waals surface area contributed by atoms with E-state index in [0.29, 0.717) is 6.04 Å². The van der Waals surface area contributed by atoms with E-state index in [-0.39, 0.29) is 0 Å². The lowest BCUT2D eigenvalue weighted by Crippen LogP contribution is -2.21. The van der Waals surface area contributed by atoms with Crippen LogP contribution in [0.25, 0.3) is 0 Å². The largest absolute Gasteiger partial charge is 0.310 e. The average Bonchev–Trinajstić information content (AvgIpc) is 2.96. The molecule has 5 heteroatoms. The van der Waals surface area contributed by atoms with Crippen LogP contribution in [0.5, 0.6) is 0 Å². The van der Waals surface area contributed by atoms with Gasteiger partial charge < -0.3 is 5.32 Å². The molecule has 0 saturated heterocycles. The Labute approximate surface area is 134 Å². The molecule has 20 heavy (non-hydrogen) atoms. The fourth-order valence-corrected chi connectivity index (χ4v) is 4.15. The molecule has 1 N–H and O–H groups in total. The van der Waals surface area contributed by atoms with Crippen molar-refractivity contribution in [2.24, 2.45) is 0 Å². The fourth-order valence-electron chi connectivity index (χ4n) is 1.93. The number of rotatable bonds is 7. The second-order valence-corrected chi connectivity index (χ2v) is 8.33. The fraction of sp³-hybridized carbons (Fsp3) is 0.467. The van der Waals surface area contributed by atoms with Crippen LogP contribution >= 0.6 is 34.3 Å². The molecule has 2 nitrogen and oxygen atoms in total. The number of hydrogen-bond acceptors (Lipinski definition) is 4. The molecule has 0 atom stereocenters. The van der Waals surface area contributed by atoms with Crippen LogP contribution in [0.1, 0.15) is 28.5 Å². The molecule has 2 aromatic rings. The van der Waals surface area contributed by atoms with Gasteiger partial charge in [-0.1, -0.05) is 25.4 Å². The van der Waals surface area contributed by atoms with Gasteiger partial charge in [-0.25, -0.2) is 0 Å². The Morgan fingerprint density at radius 3 is 2.25 bits per heavy atom. The van der Waals surface area contributed by atoms with Crippen molar-refractivity contribution in [2.45, 2.75) is 39.5 Å². The van der Waals surface area contributed by atoms with Crippen LogP contribution in [-0.2, 0) is 19.6 Å². The smallest absolute Gasteiger partial charge is 0.0931 e. The van der Waals surface area contributed by atoms with E-state index >= 15 is 0 Å². The Bertz CT molecular complexity index is 533. The van der Waals surface area contributed by atoms with Gasteiger partial charge in [0.2, 0.25) is 0 Å². The predicted molar refractivity (Wildman–Crippen MR) is 90.8 cm³/mol. The lowest BCUT2D eigenvalue weighted by molar-refractivity contribution is 0.325. The first-order valence-corrected chi connectivity index (χ1v) is 8.78. The SMILES string of the molecule is CC(C)NCc1ccc(CN(C)Cc2ccc(Cl)s2)s1. The standard InChI is InChI=1S/C15H21ClN2S2/c1-11(2)17-8-12-4-5-13(19-12)9-18(3)10-14-6-7-15(16)20-14/h4-7,11,17H,8-10H2,1-3H3. The summed E-state index contributed by atoms with van der Waals surface area (Å²) in [6.07, 6.45) is 0. The first-order chi connectivity index (χ1) is 9.52. The van der Waals surface area contributed by atoms with Crippen LogP contribution in [0, 0.1) is 0 Å². The lowest BCUT2D eigenvalue weighted by atomic mass is 10.3. The third-order valence-corrected chi connectivity index (χ3v) is 5.17. The number of nitrogens with zero attached hydrogens (tertiary/aromatic N) is 1. The molecule has 0 aliphatic heterocycles. The first-order valence-electron chi connectivity index (χ1n) is 6.76. The zero-order chi connectivity index (χ0) is 14.5. The van der Waals surface area contributed by atoms with E-state index < -0.39 is 0 Å². The van der Waals surface area contributed by atoms with Crippen molar-refractivity contribution in [3.05, 3.63) is 43.2 Å². The van der Waals surface area contributed by atoms with Gasteiger partial charge in [0.1, 0.15) is 0 Å². The van der Waals surface area contributed by atoms with E-state index in [1.54, 1.807) is 11.3 Å². The highest BCUT2D eigenvalue weighted by Gasteiger charge is 2.07. The molecule has 2 aromatic heterocycles. The highest BCUT2D eigenvalue weighted by Crippen LogP contribution is 2.24. The lowest BCUT2D eigenvalue weighted by Gasteiger charge is -2.14. The number of hydrogen-bond donors (Lipinski definition) is 1. The van der Waals surface area contributed by atoms with Gasteiger partial charge in [-0.2, -0.15) is 0 Å². The molecule has 0 radical (unpaired) electrons. The molecule has 2 rings (SSSR count). The van der Waals surface area contributed by atoms with Crippen molar-refractivity contribution in [3.8, 4) is 0 Å².